The average Bonchev–Trinajstić information content (AvgIpc) is 2.03. The molecule has 1 aromatic rings. The van der Waals surface area contributed by atoms with Gasteiger partial charge in [0.05, 0.1) is 6.61 Å². The molecule has 72 valence electrons. The van der Waals surface area contributed by atoms with Gasteiger partial charge in [0.2, 0.25) is 0 Å². The largest absolute Gasteiger partial charge is 0.493 e. The first-order chi connectivity index (χ1) is 6.22. The van der Waals surface area contributed by atoms with Crippen LogP contribution in [0, 0.1) is 0 Å². The Morgan fingerprint density at radius 3 is 2.77 bits per heavy atom. The number of aliphatic hydroxyl groups is 1. The lowest BCUT2D eigenvalue weighted by molar-refractivity contribution is 0.233. The van der Waals surface area contributed by atoms with Gasteiger partial charge in [-0.05, 0) is 12.1 Å². The van der Waals surface area contributed by atoms with E-state index in [0.29, 0.717) is 18.7 Å². The summed E-state index contributed by atoms with van der Waals surface area (Å²) >= 11 is 3.31. The zero-order chi connectivity index (χ0) is 9.68. The van der Waals surface area contributed by atoms with Crippen molar-refractivity contribution in [2.45, 2.75) is 6.42 Å². The van der Waals surface area contributed by atoms with Crippen molar-refractivity contribution in [2.75, 3.05) is 18.9 Å². The van der Waals surface area contributed by atoms with Crippen molar-refractivity contribution in [2.24, 2.45) is 0 Å². The van der Waals surface area contributed by atoms with Crippen LogP contribution in [0.4, 0.5) is 5.69 Å². The van der Waals surface area contributed by atoms with E-state index in [2.05, 4.69) is 15.9 Å². The lowest BCUT2D eigenvalue weighted by Gasteiger charge is -2.06. The topological polar surface area (TPSA) is 55.5 Å². The summed E-state index contributed by atoms with van der Waals surface area (Å²) in [7, 11) is 0. The second-order valence-electron chi connectivity index (χ2n) is 2.65. The van der Waals surface area contributed by atoms with E-state index in [0.717, 1.165) is 10.2 Å². The molecule has 0 unspecified atom stereocenters. The number of nitrogens with two attached hydrogens (primary N) is 1. The number of ether oxygens (including phenoxy) is 1. The highest BCUT2D eigenvalue weighted by Crippen LogP contribution is 2.22. The summed E-state index contributed by atoms with van der Waals surface area (Å²) in [5, 5.41) is 8.54. The summed E-state index contributed by atoms with van der Waals surface area (Å²) in [5.41, 5.74) is 6.26. The maximum atomic E-state index is 8.54. The highest BCUT2D eigenvalue weighted by molar-refractivity contribution is 9.10. The molecule has 0 saturated carbocycles. The normalized spacial score (nSPS) is 10.0. The second kappa shape index (κ2) is 5.09. The molecule has 4 heteroatoms. The summed E-state index contributed by atoms with van der Waals surface area (Å²) in [6, 6.07) is 5.40. The van der Waals surface area contributed by atoms with Crippen molar-refractivity contribution >= 4 is 21.6 Å². The van der Waals surface area contributed by atoms with Gasteiger partial charge in [0.1, 0.15) is 5.75 Å². The smallest absolute Gasteiger partial charge is 0.122 e. The molecule has 0 saturated heterocycles. The molecule has 0 aliphatic rings. The minimum Gasteiger partial charge on any atom is -0.493 e. The van der Waals surface area contributed by atoms with Gasteiger partial charge in [-0.3, -0.25) is 0 Å². The fourth-order valence-corrected chi connectivity index (χ4v) is 1.41. The van der Waals surface area contributed by atoms with Crippen molar-refractivity contribution in [3.05, 3.63) is 22.7 Å². The maximum Gasteiger partial charge on any atom is 0.122 e. The van der Waals surface area contributed by atoms with Crippen LogP contribution in [0.25, 0.3) is 0 Å². The maximum absolute atomic E-state index is 8.54. The predicted molar refractivity (Wildman–Crippen MR) is 55.8 cm³/mol. The Balaban J connectivity index is 2.56. The standard InChI is InChI=1S/C9H12BrNO2/c10-7-4-8(11)6-9(5-7)13-3-1-2-12/h4-6,12H,1-3,11H2. The van der Waals surface area contributed by atoms with Gasteiger partial charge in [-0.15, -0.1) is 0 Å². The highest BCUT2D eigenvalue weighted by atomic mass is 79.9. The quantitative estimate of drug-likeness (QED) is 0.629. The van der Waals surface area contributed by atoms with E-state index in [1.54, 1.807) is 12.1 Å². The Hall–Kier alpha value is -0.740. The summed E-state index contributed by atoms with van der Waals surface area (Å²) in [6.07, 6.45) is 0.631. The summed E-state index contributed by atoms with van der Waals surface area (Å²) in [4.78, 5) is 0. The van der Waals surface area contributed by atoms with Gasteiger partial charge < -0.3 is 15.6 Å². The van der Waals surface area contributed by atoms with E-state index in [9.17, 15) is 0 Å². The first-order valence-corrected chi connectivity index (χ1v) is 4.81. The molecule has 13 heavy (non-hydrogen) atoms. The monoisotopic (exact) mass is 245 g/mol. The molecule has 0 spiro atoms. The van der Waals surface area contributed by atoms with E-state index < -0.39 is 0 Å². The third-order valence-electron chi connectivity index (χ3n) is 1.46. The van der Waals surface area contributed by atoms with Crippen LogP contribution in [0.3, 0.4) is 0 Å². The number of aliphatic hydroxyl groups excluding tert-OH is 1. The number of hydrogen-bond donors (Lipinski definition) is 2. The molecule has 0 bridgehead atoms. The molecule has 0 aliphatic heterocycles. The average molecular weight is 246 g/mol. The fraction of sp³-hybridized carbons (Fsp3) is 0.333. The number of benzene rings is 1. The van der Waals surface area contributed by atoms with Crippen LogP contribution in [0.1, 0.15) is 6.42 Å². The molecule has 0 amide bonds. The fourth-order valence-electron chi connectivity index (χ4n) is 0.922. The van der Waals surface area contributed by atoms with E-state index in [4.69, 9.17) is 15.6 Å². The number of hydrogen-bond acceptors (Lipinski definition) is 3. The summed E-state index contributed by atoms with van der Waals surface area (Å²) in [6.45, 7) is 0.649. The van der Waals surface area contributed by atoms with Crippen molar-refractivity contribution in [1.29, 1.82) is 0 Å². The Kier molecular flexibility index (Phi) is 4.05. The zero-order valence-electron chi connectivity index (χ0n) is 7.16. The molecule has 0 heterocycles. The van der Waals surface area contributed by atoms with Gasteiger partial charge >= 0.3 is 0 Å². The number of rotatable bonds is 4. The molecular weight excluding hydrogens is 234 g/mol. The van der Waals surface area contributed by atoms with Crippen LogP contribution >= 0.6 is 15.9 Å². The second-order valence-corrected chi connectivity index (χ2v) is 3.56. The van der Waals surface area contributed by atoms with Gasteiger partial charge in [0, 0.05) is 29.3 Å². The van der Waals surface area contributed by atoms with Gasteiger partial charge in [-0.25, -0.2) is 0 Å². The first kappa shape index (κ1) is 10.3. The number of anilines is 1. The molecule has 0 atom stereocenters. The molecule has 0 fully saturated rings. The SMILES string of the molecule is Nc1cc(Br)cc(OCCCO)c1. The van der Waals surface area contributed by atoms with Gasteiger partial charge in [0.15, 0.2) is 0 Å². The van der Waals surface area contributed by atoms with E-state index in [-0.39, 0.29) is 6.61 Å². The molecule has 3 N–H and O–H groups in total. The van der Waals surface area contributed by atoms with Crippen LogP contribution in [-0.2, 0) is 0 Å². The van der Waals surface area contributed by atoms with Crippen LogP contribution in [0.15, 0.2) is 22.7 Å². The number of halogens is 1. The van der Waals surface area contributed by atoms with Gasteiger partial charge in [0.25, 0.3) is 0 Å². The first-order valence-electron chi connectivity index (χ1n) is 4.02. The van der Waals surface area contributed by atoms with Gasteiger partial charge in [-0.2, -0.15) is 0 Å². The Bertz CT molecular complexity index is 258. The van der Waals surface area contributed by atoms with Crippen molar-refractivity contribution in [3.63, 3.8) is 0 Å². The van der Waals surface area contributed by atoms with Gasteiger partial charge in [-0.1, -0.05) is 15.9 Å². The lowest BCUT2D eigenvalue weighted by atomic mass is 10.3. The van der Waals surface area contributed by atoms with E-state index >= 15 is 0 Å². The molecule has 3 nitrogen and oxygen atoms in total. The third kappa shape index (κ3) is 3.65. The molecular formula is C9H12BrNO2. The number of nitrogen functional groups attached to an aromatic ring is 1. The molecule has 0 aromatic heterocycles. The van der Waals surface area contributed by atoms with E-state index in [1.165, 1.54) is 0 Å². The molecule has 1 rings (SSSR count). The lowest BCUT2D eigenvalue weighted by Crippen LogP contribution is -2.00. The Morgan fingerprint density at radius 2 is 2.15 bits per heavy atom. The third-order valence-corrected chi connectivity index (χ3v) is 1.92. The minimum atomic E-state index is 0.142. The van der Waals surface area contributed by atoms with Crippen molar-refractivity contribution in [3.8, 4) is 5.75 Å². The van der Waals surface area contributed by atoms with Crippen LogP contribution in [-0.4, -0.2) is 18.3 Å². The van der Waals surface area contributed by atoms with Crippen molar-refractivity contribution < 1.29 is 9.84 Å². The van der Waals surface area contributed by atoms with Crippen molar-refractivity contribution in [1.82, 2.24) is 0 Å². The highest BCUT2D eigenvalue weighted by Gasteiger charge is 1.97. The molecule has 0 radical (unpaired) electrons. The predicted octanol–water partition coefficient (Wildman–Crippen LogP) is 1.79. The van der Waals surface area contributed by atoms with Crippen LogP contribution < -0.4 is 10.5 Å². The zero-order valence-corrected chi connectivity index (χ0v) is 8.75. The van der Waals surface area contributed by atoms with Crippen LogP contribution in [0.2, 0.25) is 0 Å². The minimum absolute atomic E-state index is 0.142. The molecule has 0 aliphatic carbocycles. The summed E-state index contributed by atoms with van der Waals surface area (Å²) < 4.78 is 6.23. The van der Waals surface area contributed by atoms with E-state index in [1.807, 2.05) is 6.07 Å². The Morgan fingerprint density at radius 1 is 1.38 bits per heavy atom. The van der Waals surface area contributed by atoms with Crippen LogP contribution in [0.5, 0.6) is 5.75 Å². The molecule has 1 aromatic carbocycles. The Labute approximate surface area is 85.6 Å². The summed E-state index contributed by atoms with van der Waals surface area (Å²) in [5.74, 6) is 0.723.